The van der Waals surface area contributed by atoms with Crippen molar-refractivity contribution in [1.29, 1.82) is 0 Å². The summed E-state index contributed by atoms with van der Waals surface area (Å²) in [5, 5.41) is 2.87. The Morgan fingerprint density at radius 3 is 2.33 bits per heavy atom. The minimum absolute atomic E-state index is 0.0772. The molecule has 172 valence electrons. The number of halogens is 1. The topological polar surface area (TPSA) is 75.7 Å². The zero-order valence-electron chi connectivity index (χ0n) is 19.0. The normalized spacial score (nSPS) is 17.0. The van der Waals surface area contributed by atoms with E-state index in [-0.39, 0.29) is 16.8 Å². The van der Waals surface area contributed by atoms with Gasteiger partial charge >= 0.3 is 5.97 Å². The van der Waals surface area contributed by atoms with E-state index in [2.05, 4.69) is 5.32 Å². The maximum atomic E-state index is 12.9. The molecular formula is C26H27ClN2O4. The van der Waals surface area contributed by atoms with Crippen molar-refractivity contribution in [2.45, 2.75) is 58.9 Å². The van der Waals surface area contributed by atoms with E-state index in [1.807, 2.05) is 32.9 Å². The van der Waals surface area contributed by atoms with E-state index < -0.39 is 17.8 Å². The van der Waals surface area contributed by atoms with Crippen LogP contribution in [0.15, 0.2) is 47.1 Å². The first-order valence-corrected chi connectivity index (χ1v) is 11.6. The Kier molecular flexibility index (Phi) is 6.56. The Bertz CT molecular complexity index is 1150. The molecule has 0 radical (unpaired) electrons. The number of esters is 1. The summed E-state index contributed by atoms with van der Waals surface area (Å²) >= 11 is 6.23. The van der Waals surface area contributed by atoms with Crippen LogP contribution in [0.3, 0.4) is 0 Å². The molecule has 4 rings (SSSR count). The van der Waals surface area contributed by atoms with Crippen LogP contribution in [-0.2, 0) is 9.59 Å². The van der Waals surface area contributed by atoms with Crippen LogP contribution in [0, 0.1) is 20.8 Å². The van der Waals surface area contributed by atoms with Crippen molar-refractivity contribution in [2.24, 2.45) is 0 Å². The Labute approximate surface area is 198 Å². The zero-order chi connectivity index (χ0) is 23.7. The highest BCUT2D eigenvalue weighted by atomic mass is 35.5. The summed E-state index contributed by atoms with van der Waals surface area (Å²) < 4.78 is 5.60. The lowest BCUT2D eigenvalue weighted by Gasteiger charge is -2.29. The second kappa shape index (κ2) is 9.40. The maximum Gasteiger partial charge on any atom is 0.343 e. The highest BCUT2D eigenvalue weighted by Gasteiger charge is 2.42. The molecule has 0 spiro atoms. The number of anilines is 1. The Balaban J connectivity index is 1.46. The first-order chi connectivity index (χ1) is 15.8. The Hall–Kier alpha value is -3.12. The standard InChI is InChI=1S/C26H27ClN2O4/c1-15-13-16(2)17(3)21(14-15)33-26(32)18-9-11-19(12-10-18)28-23-22(27)24(30)29(25(23)31)20-7-5-4-6-8-20/h9-14,20,28H,4-8H2,1-3H3. The summed E-state index contributed by atoms with van der Waals surface area (Å²) in [6.45, 7) is 5.84. The molecule has 0 atom stereocenters. The molecule has 6 nitrogen and oxygen atoms in total. The fourth-order valence-corrected chi connectivity index (χ4v) is 4.62. The molecule has 2 aromatic rings. The van der Waals surface area contributed by atoms with Gasteiger partial charge in [0.2, 0.25) is 0 Å². The second-order valence-electron chi connectivity index (χ2n) is 8.76. The molecule has 1 aliphatic carbocycles. The van der Waals surface area contributed by atoms with Crippen molar-refractivity contribution in [3.8, 4) is 5.75 Å². The van der Waals surface area contributed by atoms with Gasteiger partial charge in [0, 0.05) is 11.7 Å². The van der Waals surface area contributed by atoms with Gasteiger partial charge in [-0.25, -0.2) is 4.79 Å². The van der Waals surface area contributed by atoms with Crippen molar-refractivity contribution in [3.63, 3.8) is 0 Å². The van der Waals surface area contributed by atoms with Gasteiger partial charge in [-0.15, -0.1) is 0 Å². The number of hydrogen-bond donors (Lipinski definition) is 1. The number of aryl methyl sites for hydroxylation is 2. The average molecular weight is 467 g/mol. The Morgan fingerprint density at radius 2 is 1.67 bits per heavy atom. The molecule has 33 heavy (non-hydrogen) atoms. The smallest absolute Gasteiger partial charge is 0.343 e. The minimum atomic E-state index is -0.470. The monoisotopic (exact) mass is 466 g/mol. The van der Waals surface area contributed by atoms with Gasteiger partial charge in [-0.2, -0.15) is 0 Å². The summed E-state index contributed by atoms with van der Waals surface area (Å²) in [6, 6.07) is 10.3. The molecule has 0 bridgehead atoms. The van der Waals surface area contributed by atoms with Crippen molar-refractivity contribution < 1.29 is 19.1 Å². The number of ether oxygens (including phenoxy) is 1. The van der Waals surface area contributed by atoms with E-state index in [0.717, 1.165) is 48.8 Å². The lowest BCUT2D eigenvalue weighted by molar-refractivity contribution is -0.140. The fraction of sp³-hybridized carbons (Fsp3) is 0.346. The minimum Gasteiger partial charge on any atom is -0.423 e. The lowest BCUT2D eigenvalue weighted by atomic mass is 9.94. The molecule has 2 aromatic carbocycles. The fourth-order valence-electron chi connectivity index (χ4n) is 4.40. The van der Waals surface area contributed by atoms with Crippen LogP contribution < -0.4 is 10.1 Å². The molecule has 0 saturated heterocycles. The average Bonchev–Trinajstić information content (AvgIpc) is 3.01. The van der Waals surface area contributed by atoms with E-state index in [1.54, 1.807) is 24.3 Å². The molecule has 7 heteroatoms. The van der Waals surface area contributed by atoms with E-state index in [4.69, 9.17) is 16.3 Å². The van der Waals surface area contributed by atoms with Crippen molar-refractivity contribution in [2.75, 3.05) is 5.32 Å². The molecule has 1 saturated carbocycles. The number of carbonyl (C=O) groups is 3. The number of carbonyl (C=O) groups excluding carboxylic acids is 3. The van der Waals surface area contributed by atoms with Gasteiger partial charge in [0.25, 0.3) is 11.8 Å². The number of imide groups is 1. The van der Waals surface area contributed by atoms with Gasteiger partial charge in [0.05, 0.1) is 5.56 Å². The van der Waals surface area contributed by atoms with Crippen molar-refractivity contribution in [3.05, 3.63) is 69.4 Å². The Morgan fingerprint density at radius 1 is 1.00 bits per heavy atom. The van der Waals surface area contributed by atoms with Crippen LogP contribution in [0.25, 0.3) is 0 Å². The maximum absolute atomic E-state index is 12.9. The van der Waals surface area contributed by atoms with Gasteiger partial charge in [-0.3, -0.25) is 14.5 Å². The molecule has 2 aliphatic rings. The first kappa shape index (κ1) is 23.1. The van der Waals surface area contributed by atoms with Crippen LogP contribution >= 0.6 is 11.6 Å². The van der Waals surface area contributed by atoms with Gasteiger partial charge in [0.15, 0.2) is 0 Å². The number of nitrogens with one attached hydrogen (secondary N) is 1. The molecular weight excluding hydrogens is 440 g/mol. The predicted octanol–water partition coefficient (Wildman–Crippen LogP) is 5.39. The molecule has 2 amide bonds. The third-order valence-electron chi connectivity index (χ3n) is 6.36. The number of rotatable bonds is 5. The largest absolute Gasteiger partial charge is 0.423 e. The summed E-state index contributed by atoms with van der Waals surface area (Å²) in [5.74, 6) is -0.775. The van der Waals surface area contributed by atoms with Gasteiger partial charge in [-0.05, 0) is 80.6 Å². The lowest BCUT2D eigenvalue weighted by Crippen LogP contribution is -2.42. The van der Waals surface area contributed by atoms with E-state index in [9.17, 15) is 14.4 Å². The summed E-state index contributed by atoms with van der Waals surface area (Å²) in [4.78, 5) is 39.5. The summed E-state index contributed by atoms with van der Waals surface area (Å²) in [7, 11) is 0. The molecule has 1 fully saturated rings. The molecule has 0 aromatic heterocycles. The highest BCUT2D eigenvalue weighted by molar-refractivity contribution is 6.48. The summed E-state index contributed by atoms with van der Waals surface area (Å²) in [5.41, 5.74) is 3.99. The SMILES string of the molecule is Cc1cc(C)c(C)c(OC(=O)c2ccc(NC3=C(Cl)C(=O)N(C4CCCCC4)C3=O)cc2)c1. The zero-order valence-corrected chi connectivity index (χ0v) is 19.8. The number of nitrogens with zero attached hydrogens (tertiary/aromatic N) is 1. The predicted molar refractivity (Wildman–Crippen MR) is 127 cm³/mol. The van der Waals surface area contributed by atoms with Crippen molar-refractivity contribution >= 4 is 35.1 Å². The van der Waals surface area contributed by atoms with Crippen LogP contribution in [0.2, 0.25) is 0 Å². The van der Waals surface area contributed by atoms with Gasteiger partial charge in [0.1, 0.15) is 16.5 Å². The van der Waals surface area contributed by atoms with Crippen LogP contribution in [0.1, 0.15) is 59.2 Å². The molecule has 0 unspecified atom stereocenters. The number of amides is 2. The second-order valence-corrected chi connectivity index (χ2v) is 9.14. The molecule has 1 heterocycles. The summed E-state index contributed by atoms with van der Waals surface area (Å²) in [6.07, 6.45) is 4.75. The van der Waals surface area contributed by atoms with Crippen LogP contribution in [0.5, 0.6) is 5.75 Å². The van der Waals surface area contributed by atoms with E-state index >= 15 is 0 Å². The first-order valence-electron chi connectivity index (χ1n) is 11.2. The third-order valence-corrected chi connectivity index (χ3v) is 6.71. The molecule has 1 N–H and O–H groups in total. The quantitative estimate of drug-likeness (QED) is 0.363. The number of hydrogen-bond acceptors (Lipinski definition) is 5. The van der Waals surface area contributed by atoms with E-state index in [0.29, 0.717) is 17.0 Å². The van der Waals surface area contributed by atoms with Gasteiger partial charge < -0.3 is 10.1 Å². The van der Waals surface area contributed by atoms with Crippen molar-refractivity contribution in [1.82, 2.24) is 4.90 Å². The third kappa shape index (κ3) is 4.67. The molecule has 1 aliphatic heterocycles. The number of benzene rings is 2. The van der Waals surface area contributed by atoms with Gasteiger partial charge in [-0.1, -0.05) is 36.9 Å². The highest BCUT2D eigenvalue weighted by Crippen LogP contribution is 2.32. The van der Waals surface area contributed by atoms with Crippen LogP contribution in [0.4, 0.5) is 5.69 Å². The van der Waals surface area contributed by atoms with E-state index in [1.165, 1.54) is 4.90 Å². The van der Waals surface area contributed by atoms with Crippen LogP contribution in [-0.4, -0.2) is 28.7 Å².